The third-order valence-electron chi connectivity index (χ3n) is 4.07. The zero-order chi connectivity index (χ0) is 9.54. The molecule has 0 aliphatic heterocycles. The molecule has 0 spiro atoms. The van der Waals surface area contributed by atoms with Crippen LogP contribution < -0.4 is 0 Å². The van der Waals surface area contributed by atoms with Gasteiger partial charge in [0.25, 0.3) is 0 Å². The van der Waals surface area contributed by atoms with Crippen molar-refractivity contribution in [3.63, 3.8) is 0 Å². The van der Waals surface area contributed by atoms with Gasteiger partial charge in [-0.05, 0) is 48.6 Å². The van der Waals surface area contributed by atoms with E-state index in [-0.39, 0.29) is 0 Å². The van der Waals surface area contributed by atoms with Gasteiger partial charge in [-0.15, -0.1) is 0 Å². The summed E-state index contributed by atoms with van der Waals surface area (Å²) in [4.78, 5) is 0. The number of fused-ring (bicyclic) bond motifs is 2. The maximum atomic E-state index is 9.80. The summed E-state index contributed by atoms with van der Waals surface area (Å²) in [5.41, 5.74) is 1.19. The fourth-order valence-corrected chi connectivity index (χ4v) is 3.43. The summed E-state index contributed by atoms with van der Waals surface area (Å²) < 4.78 is 0. The first-order valence-electron chi connectivity index (χ1n) is 5.62. The molecule has 2 saturated carbocycles. The van der Waals surface area contributed by atoms with Crippen LogP contribution in [0.15, 0.2) is 24.3 Å². The van der Waals surface area contributed by atoms with E-state index < -0.39 is 0 Å². The molecule has 2 bridgehead atoms. The van der Waals surface area contributed by atoms with Crippen LogP contribution in [0.2, 0.25) is 0 Å². The van der Waals surface area contributed by atoms with Gasteiger partial charge in [0.05, 0.1) is 0 Å². The maximum Gasteiger partial charge on any atom is 0.119 e. The number of para-hydroxylation sites is 1. The van der Waals surface area contributed by atoms with E-state index in [1.54, 1.807) is 0 Å². The number of phenolic OH excluding ortho intramolecular Hbond substituents is 1. The predicted octanol–water partition coefficient (Wildman–Crippen LogP) is 3.30. The van der Waals surface area contributed by atoms with Crippen LogP contribution in [0.3, 0.4) is 0 Å². The predicted molar refractivity (Wildman–Crippen MR) is 56.3 cm³/mol. The van der Waals surface area contributed by atoms with E-state index in [4.69, 9.17) is 0 Å². The molecule has 0 amide bonds. The number of phenols is 1. The minimum absolute atomic E-state index is 0.505. The first-order valence-corrected chi connectivity index (χ1v) is 5.62. The number of rotatable bonds is 1. The molecule has 3 rings (SSSR count). The second-order valence-corrected chi connectivity index (χ2v) is 4.84. The van der Waals surface area contributed by atoms with E-state index in [0.29, 0.717) is 11.7 Å². The summed E-state index contributed by atoms with van der Waals surface area (Å²) in [6.45, 7) is 0. The first-order chi connectivity index (χ1) is 6.84. The van der Waals surface area contributed by atoms with Gasteiger partial charge in [0.15, 0.2) is 0 Å². The van der Waals surface area contributed by atoms with Gasteiger partial charge in [-0.2, -0.15) is 0 Å². The lowest BCUT2D eigenvalue weighted by atomic mass is 9.83. The lowest BCUT2D eigenvalue weighted by Gasteiger charge is -2.22. The Labute approximate surface area is 84.8 Å². The van der Waals surface area contributed by atoms with Crippen molar-refractivity contribution in [3.05, 3.63) is 29.8 Å². The molecule has 1 heteroatoms. The third-order valence-corrected chi connectivity index (χ3v) is 4.07. The van der Waals surface area contributed by atoms with Crippen LogP contribution >= 0.6 is 0 Å². The maximum absolute atomic E-state index is 9.80. The Morgan fingerprint density at radius 2 is 1.93 bits per heavy atom. The summed E-state index contributed by atoms with van der Waals surface area (Å²) in [6.07, 6.45) is 5.51. The Balaban J connectivity index is 1.93. The average molecular weight is 188 g/mol. The molecule has 0 radical (unpaired) electrons. The van der Waals surface area contributed by atoms with Crippen LogP contribution in [0.1, 0.15) is 37.2 Å². The van der Waals surface area contributed by atoms with Crippen LogP contribution in [-0.4, -0.2) is 5.11 Å². The fraction of sp³-hybridized carbons (Fsp3) is 0.538. The quantitative estimate of drug-likeness (QED) is 0.717. The summed E-state index contributed by atoms with van der Waals surface area (Å²) in [5.74, 6) is 2.96. The molecule has 3 atom stereocenters. The molecule has 1 N–H and O–H groups in total. The van der Waals surface area contributed by atoms with Crippen molar-refractivity contribution in [1.29, 1.82) is 0 Å². The molecule has 14 heavy (non-hydrogen) atoms. The molecule has 2 aliphatic carbocycles. The monoisotopic (exact) mass is 188 g/mol. The molecule has 74 valence electrons. The lowest BCUT2D eigenvalue weighted by Crippen LogP contribution is -2.08. The highest BCUT2D eigenvalue weighted by atomic mass is 16.3. The van der Waals surface area contributed by atoms with Crippen LogP contribution in [0.4, 0.5) is 0 Å². The van der Waals surface area contributed by atoms with Gasteiger partial charge in [-0.25, -0.2) is 0 Å². The van der Waals surface area contributed by atoms with Crippen molar-refractivity contribution in [2.24, 2.45) is 11.8 Å². The highest BCUT2D eigenvalue weighted by Crippen LogP contribution is 2.54. The molecule has 2 fully saturated rings. The van der Waals surface area contributed by atoms with Crippen molar-refractivity contribution in [1.82, 2.24) is 0 Å². The molecule has 0 heterocycles. The molecule has 0 saturated heterocycles. The number of hydrogen-bond acceptors (Lipinski definition) is 1. The highest BCUT2D eigenvalue weighted by molar-refractivity contribution is 5.36. The summed E-state index contributed by atoms with van der Waals surface area (Å²) in [6, 6.07) is 7.87. The van der Waals surface area contributed by atoms with Gasteiger partial charge in [0.2, 0.25) is 0 Å². The Morgan fingerprint density at radius 3 is 2.57 bits per heavy atom. The number of aromatic hydroxyl groups is 1. The Kier molecular flexibility index (Phi) is 1.79. The largest absolute Gasteiger partial charge is 0.508 e. The average Bonchev–Trinajstić information content (AvgIpc) is 2.79. The van der Waals surface area contributed by atoms with Crippen molar-refractivity contribution in [3.8, 4) is 5.75 Å². The van der Waals surface area contributed by atoms with Gasteiger partial charge < -0.3 is 5.11 Å². The van der Waals surface area contributed by atoms with Crippen molar-refractivity contribution >= 4 is 0 Å². The molecule has 0 unspecified atom stereocenters. The zero-order valence-corrected chi connectivity index (χ0v) is 8.32. The third kappa shape index (κ3) is 1.15. The molecule has 1 aromatic carbocycles. The molecule has 0 aromatic heterocycles. The minimum Gasteiger partial charge on any atom is -0.508 e. The smallest absolute Gasteiger partial charge is 0.119 e. The van der Waals surface area contributed by atoms with Gasteiger partial charge in [0.1, 0.15) is 5.75 Å². The van der Waals surface area contributed by atoms with Crippen LogP contribution in [0.5, 0.6) is 5.75 Å². The first kappa shape index (κ1) is 8.34. The summed E-state index contributed by atoms with van der Waals surface area (Å²) >= 11 is 0. The topological polar surface area (TPSA) is 20.2 Å². The van der Waals surface area contributed by atoms with Gasteiger partial charge in [-0.1, -0.05) is 24.6 Å². The number of hydrogen-bond donors (Lipinski definition) is 1. The molecular weight excluding hydrogens is 172 g/mol. The van der Waals surface area contributed by atoms with E-state index in [2.05, 4.69) is 6.07 Å². The fourth-order valence-electron chi connectivity index (χ4n) is 3.43. The standard InChI is InChI=1S/C13H16O/c14-13-4-2-1-3-11(13)12-8-9-5-6-10(12)7-9/h1-4,9-10,12,14H,5-8H2/t9-,10+,12+/m1/s1. The van der Waals surface area contributed by atoms with Crippen molar-refractivity contribution in [2.45, 2.75) is 31.6 Å². The van der Waals surface area contributed by atoms with E-state index in [1.165, 1.54) is 31.2 Å². The van der Waals surface area contributed by atoms with Crippen LogP contribution in [0.25, 0.3) is 0 Å². The van der Waals surface area contributed by atoms with Gasteiger partial charge >= 0.3 is 0 Å². The van der Waals surface area contributed by atoms with Crippen molar-refractivity contribution < 1.29 is 5.11 Å². The number of benzene rings is 1. The van der Waals surface area contributed by atoms with Crippen LogP contribution in [-0.2, 0) is 0 Å². The molecule has 1 aromatic rings. The highest BCUT2D eigenvalue weighted by Gasteiger charge is 2.40. The Morgan fingerprint density at radius 1 is 1.07 bits per heavy atom. The second-order valence-electron chi connectivity index (χ2n) is 4.84. The second kappa shape index (κ2) is 3.01. The van der Waals surface area contributed by atoms with E-state index >= 15 is 0 Å². The van der Waals surface area contributed by atoms with Crippen LogP contribution in [0, 0.1) is 11.8 Å². The Bertz CT molecular complexity index is 345. The van der Waals surface area contributed by atoms with E-state index in [0.717, 1.165) is 11.8 Å². The minimum atomic E-state index is 0.505. The van der Waals surface area contributed by atoms with Crippen molar-refractivity contribution in [2.75, 3.05) is 0 Å². The summed E-state index contributed by atoms with van der Waals surface area (Å²) in [5, 5.41) is 9.80. The van der Waals surface area contributed by atoms with E-state index in [1.807, 2.05) is 18.2 Å². The lowest BCUT2D eigenvalue weighted by molar-refractivity contribution is 0.397. The Hall–Kier alpha value is -0.980. The van der Waals surface area contributed by atoms with Gasteiger partial charge in [0, 0.05) is 0 Å². The SMILES string of the molecule is Oc1ccccc1[C@H]1C[C@@H]2CC[C@H]1C2. The normalized spacial score (nSPS) is 35.0. The molecule has 1 nitrogen and oxygen atoms in total. The molecule has 2 aliphatic rings. The van der Waals surface area contributed by atoms with E-state index in [9.17, 15) is 5.11 Å². The zero-order valence-electron chi connectivity index (χ0n) is 8.32. The van der Waals surface area contributed by atoms with Gasteiger partial charge in [-0.3, -0.25) is 0 Å². The summed E-state index contributed by atoms with van der Waals surface area (Å²) in [7, 11) is 0. The molecular formula is C13H16O.